The molecule has 0 spiro atoms. The predicted octanol–water partition coefficient (Wildman–Crippen LogP) is 1.76. The van der Waals surface area contributed by atoms with Gasteiger partial charge >= 0.3 is 5.97 Å². The fourth-order valence-corrected chi connectivity index (χ4v) is 2.46. The molecule has 1 fully saturated rings. The van der Waals surface area contributed by atoms with Gasteiger partial charge in [0.2, 0.25) is 5.91 Å². The Balaban J connectivity index is 1.80. The van der Waals surface area contributed by atoms with Crippen LogP contribution in [0.15, 0.2) is 30.3 Å². The first-order chi connectivity index (χ1) is 10.2. The van der Waals surface area contributed by atoms with E-state index >= 15 is 0 Å². The SMILES string of the molecule is CCOC(=O)C1CCCN1C(=O)COCc1ccccc1. The number of ether oxygens (including phenoxy) is 2. The number of rotatable bonds is 6. The van der Waals surface area contributed by atoms with E-state index in [9.17, 15) is 9.59 Å². The van der Waals surface area contributed by atoms with Gasteiger partial charge in [-0.15, -0.1) is 0 Å². The Morgan fingerprint density at radius 3 is 2.76 bits per heavy atom. The highest BCUT2D eigenvalue weighted by Gasteiger charge is 2.34. The fourth-order valence-electron chi connectivity index (χ4n) is 2.46. The average molecular weight is 291 g/mol. The van der Waals surface area contributed by atoms with E-state index in [1.165, 1.54) is 0 Å². The van der Waals surface area contributed by atoms with Crippen LogP contribution in [0.4, 0.5) is 0 Å². The average Bonchev–Trinajstić information content (AvgIpc) is 2.98. The van der Waals surface area contributed by atoms with Crippen molar-refractivity contribution in [3.63, 3.8) is 0 Å². The third-order valence-electron chi connectivity index (χ3n) is 3.47. The van der Waals surface area contributed by atoms with Gasteiger partial charge in [0.15, 0.2) is 0 Å². The van der Waals surface area contributed by atoms with Crippen LogP contribution < -0.4 is 0 Å². The number of amides is 1. The van der Waals surface area contributed by atoms with Crippen LogP contribution in [0, 0.1) is 0 Å². The van der Waals surface area contributed by atoms with Crippen LogP contribution in [0.3, 0.4) is 0 Å². The summed E-state index contributed by atoms with van der Waals surface area (Å²) in [5, 5.41) is 0. The van der Waals surface area contributed by atoms with Crippen molar-refractivity contribution in [2.75, 3.05) is 19.8 Å². The molecule has 0 saturated carbocycles. The molecule has 1 aromatic rings. The van der Waals surface area contributed by atoms with E-state index in [-0.39, 0.29) is 18.5 Å². The highest BCUT2D eigenvalue weighted by Crippen LogP contribution is 2.18. The summed E-state index contributed by atoms with van der Waals surface area (Å²) in [4.78, 5) is 25.5. The fraction of sp³-hybridized carbons (Fsp3) is 0.500. The second-order valence-corrected chi connectivity index (χ2v) is 4.98. The molecule has 2 rings (SSSR count). The lowest BCUT2D eigenvalue weighted by Crippen LogP contribution is -2.43. The van der Waals surface area contributed by atoms with Gasteiger partial charge in [-0.2, -0.15) is 0 Å². The van der Waals surface area contributed by atoms with Crippen molar-refractivity contribution in [1.82, 2.24) is 4.90 Å². The van der Waals surface area contributed by atoms with Gasteiger partial charge in [-0.3, -0.25) is 4.79 Å². The summed E-state index contributed by atoms with van der Waals surface area (Å²) in [5.41, 5.74) is 1.02. The van der Waals surface area contributed by atoms with Crippen molar-refractivity contribution in [2.45, 2.75) is 32.4 Å². The third kappa shape index (κ3) is 4.29. The van der Waals surface area contributed by atoms with Gasteiger partial charge in [0.25, 0.3) is 0 Å². The second kappa shape index (κ2) is 7.78. The molecular formula is C16H21NO4. The van der Waals surface area contributed by atoms with E-state index in [1.54, 1.807) is 11.8 Å². The van der Waals surface area contributed by atoms with E-state index in [2.05, 4.69) is 0 Å². The van der Waals surface area contributed by atoms with Crippen molar-refractivity contribution >= 4 is 11.9 Å². The van der Waals surface area contributed by atoms with Gasteiger partial charge in [-0.05, 0) is 25.3 Å². The van der Waals surface area contributed by atoms with Gasteiger partial charge in [0.05, 0.1) is 13.2 Å². The van der Waals surface area contributed by atoms with Crippen LogP contribution in [0.1, 0.15) is 25.3 Å². The normalized spacial score (nSPS) is 17.8. The van der Waals surface area contributed by atoms with E-state index in [1.807, 2.05) is 30.3 Å². The Kier molecular flexibility index (Phi) is 5.75. The number of hydrogen-bond donors (Lipinski definition) is 0. The number of carbonyl (C=O) groups is 2. The number of hydrogen-bond acceptors (Lipinski definition) is 4. The van der Waals surface area contributed by atoms with Crippen LogP contribution in [-0.4, -0.2) is 42.6 Å². The summed E-state index contributed by atoms with van der Waals surface area (Å²) < 4.78 is 10.4. The molecule has 1 unspecified atom stereocenters. The van der Waals surface area contributed by atoms with E-state index in [0.717, 1.165) is 12.0 Å². The molecule has 1 amide bonds. The molecule has 5 heteroatoms. The first-order valence-corrected chi connectivity index (χ1v) is 7.30. The summed E-state index contributed by atoms with van der Waals surface area (Å²) >= 11 is 0. The first kappa shape index (κ1) is 15.5. The summed E-state index contributed by atoms with van der Waals surface area (Å²) in [5.74, 6) is -0.465. The molecule has 0 bridgehead atoms. The van der Waals surface area contributed by atoms with Gasteiger partial charge in [0, 0.05) is 6.54 Å². The zero-order valence-electron chi connectivity index (χ0n) is 12.3. The summed E-state index contributed by atoms with van der Waals surface area (Å²) in [6.45, 7) is 3.08. The Morgan fingerprint density at radius 1 is 1.29 bits per heavy atom. The predicted molar refractivity (Wildman–Crippen MR) is 77.5 cm³/mol. The molecule has 1 aromatic carbocycles. The quantitative estimate of drug-likeness (QED) is 0.749. The molecule has 1 atom stereocenters. The largest absolute Gasteiger partial charge is 0.464 e. The lowest BCUT2D eigenvalue weighted by molar-refractivity contribution is -0.154. The molecule has 1 aliphatic rings. The maximum Gasteiger partial charge on any atom is 0.328 e. The van der Waals surface area contributed by atoms with Crippen molar-refractivity contribution in [3.8, 4) is 0 Å². The van der Waals surface area contributed by atoms with Crippen LogP contribution >= 0.6 is 0 Å². The number of esters is 1. The van der Waals surface area contributed by atoms with Gasteiger partial charge in [0.1, 0.15) is 12.6 Å². The van der Waals surface area contributed by atoms with Crippen molar-refractivity contribution in [1.29, 1.82) is 0 Å². The minimum atomic E-state index is -0.447. The Hall–Kier alpha value is -1.88. The number of benzene rings is 1. The van der Waals surface area contributed by atoms with E-state index in [0.29, 0.717) is 26.2 Å². The second-order valence-electron chi connectivity index (χ2n) is 4.98. The minimum Gasteiger partial charge on any atom is -0.464 e. The van der Waals surface area contributed by atoms with Crippen molar-refractivity contribution < 1.29 is 19.1 Å². The molecule has 0 aliphatic carbocycles. The standard InChI is InChI=1S/C16H21NO4/c1-2-21-16(19)14-9-6-10-17(14)15(18)12-20-11-13-7-4-3-5-8-13/h3-5,7-8,14H,2,6,9-12H2,1H3. The zero-order chi connectivity index (χ0) is 15.1. The number of carbonyl (C=O) groups excluding carboxylic acids is 2. The molecule has 0 N–H and O–H groups in total. The van der Waals surface area contributed by atoms with E-state index < -0.39 is 6.04 Å². The smallest absolute Gasteiger partial charge is 0.328 e. The topological polar surface area (TPSA) is 55.8 Å². The lowest BCUT2D eigenvalue weighted by Gasteiger charge is -2.23. The number of nitrogens with zero attached hydrogens (tertiary/aromatic N) is 1. The molecule has 0 radical (unpaired) electrons. The molecule has 5 nitrogen and oxygen atoms in total. The molecular weight excluding hydrogens is 270 g/mol. The lowest BCUT2D eigenvalue weighted by atomic mass is 10.2. The zero-order valence-corrected chi connectivity index (χ0v) is 12.3. The van der Waals surface area contributed by atoms with Crippen molar-refractivity contribution in [3.05, 3.63) is 35.9 Å². The first-order valence-electron chi connectivity index (χ1n) is 7.30. The Bertz CT molecular complexity index is 474. The minimum absolute atomic E-state index is 0.00913. The summed E-state index contributed by atoms with van der Waals surface area (Å²) in [6, 6.07) is 9.24. The van der Waals surface area contributed by atoms with Crippen molar-refractivity contribution in [2.24, 2.45) is 0 Å². The number of likely N-dealkylation sites (tertiary alicyclic amines) is 1. The van der Waals surface area contributed by atoms with Gasteiger partial charge < -0.3 is 14.4 Å². The van der Waals surface area contributed by atoms with E-state index in [4.69, 9.17) is 9.47 Å². The third-order valence-corrected chi connectivity index (χ3v) is 3.47. The van der Waals surface area contributed by atoms with Crippen LogP contribution in [0.2, 0.25) is 0 Å². The summed E-state index contributed by atoms with van der Waals surface area (Å²) in [6.07, 6.45) is 1.50. The summed E-state index contributed by atoms with van der Waals surface area (Å²) in [7, 11) is 0. The molecule has 1 heterocycles. The maximum absolute atomic E-state index is 12.1. The Morgan fingerprint density at radius 2 is 2.05 bits per heavy atom. The maximum atomic E-state index is 12.1. The van der Waals surface area contributed by atoms with Crippen LogP contribution in [0.5, 0.6) is 0 Å². The molecule has 1 saturated heterocycles. The molecule has 21 heavy (non-hydrogen) atoms. The highest BCUT2D eigenvalue weighted by molar-refractivity contribution is 5.85. The highest BCUT2D eigenvalue weighted by atomic mass is 16.5. The monoisotopic (exact) mass is 291 g/mol. The Labute approximate surface area is 124 Å². The van der Waals surface area contributed by atoms with Gasteiger partial charge in [-0.1, -0.05) is 30.3 Å². The molecule has 0 aromatic heterocycles. The van der Waals surface area contributed by atoms with Crippen LogP contribution in [-0.2, 0) is 25.7 Å². The van der Waals surface area contributed by atoms with Crippen LogP contribution in [0.25, 0.3) is 0 Å². The van der Waals surface area contributed by atoms with Gasteiger partial charge in [-0.25, -0.2) is 4.79 Å². The molecule has 1 aliphatic heterocycles. The molecule has 114 valence electrons.